The van der Waals surface area contributed by atoms with Gasteiger partial charge in [0, 0.05) is 44.1 Å². The average Bonchev–Trinajstić information content (AvgIpc) is 2.76. The lowest BCUT2D eigenvalue weighted by molar-refractivity contribution is -0.141. The molecule has 0 heterocycles. The zero-order valence-electron chi connectivity index (χ0n) is 23.7. The van der Waals surface area contributed by atoms with Gasteiger partial charge in [0.1, 0.15) is 11.2 Å². The van der Waals surface area contributed by atoms with E-state index in [1.54, 1.807) is 32.7 Å². The van der Waals surface area contributed by atoms with Crippen LogP contribution in [-0.2, 0) is 28.5 Å². The summed E-state index contributed by atoms with van der Waals surface area (Å²) in [5.74, 6) is -1.06. The van der Waals surface area contributed by atoms with E-state index >= 15 is 0 Å². The molecule has 0 aromatic rings. The Labute approximate surface area is 221 Å². The van der Waals surface area contributed by atoms with Crippen molar-refractivity contribution in [2.45, 2.75) is 91.3 Å². The number of nitrogens with one attached hydrogen (secondary N) is 1. The summed E-state index contributed by atoms with van der Waals surface area (Å²) in [6.07, 6.45) is 2.81. The number of carbonyl (C=O) groups is 4. The third-order valence-electron chi connectivity index (χ3n) is 5.16. The number of hydrogen-bond acceptors (Lipinski definition) is 8. The molecule has 10 nitrogen and oxygen atoms in total. The molecule has 37 heavy (non-hydrogen) atoms. The van der Waals surface area contributed by atoms with Crippen molar-refractivity contribution in [3.8, 4) is 0 Å². The molecule has 0 radical (unpaired) electrons. The van der Waals surface area contributed by atoms with Gasteiger partial charge in [-0.3, -0.25) is 0 Å². The quantitative estimate of drug-likeness (QED) is 0.130. The highest BCUT2D eigenvalue weighted by molar-refractivity contribution is 5.87. The first-order chi connectivity index (χ1) is 17.1. The van der Waals surface area contributed by atoms with Crippen molar-refractivity contribution < 1.29 is 38.1 Å². The number of unbranched alkanes of at least 4 members (excludes halogenated alkanes) is 3. The summed E-state index contributed by atoms with van der Waals surface area (Å²) in [7, 11) is 1.71. The first-order valence-corrected chi connectivity index (χ1v) is 12.6. The van der Waals surface area contributed by atoms with Crippen molar-refractivity contribution >= 4 is 24.1 Å². The van der Waals surface area contributed by atoms with Gasteiger partial charge in [-0.25, -0.2) is 19.2 Å². The van der Waals surface area contributed by atoms with Crippen LogP contribution in [-0.4, -0.2) is 73.6 Å². The molecule has 0 fully saturated rings. The van der Waals surface area contributed by atoms with Crippen molar-refractivity contribution in [2.24, 2.45) is 0 Å². The number of carbonyl (C=O) groups excluding carboxylic acids is 4. The molecule has 2 amide bonds. The summed E-state index contributed by atoms with van der Waals surface area (Å²) in [4.78, 5) is 49.2. The highest BCUT2D eigenvalue weighted by atomic mass is 16.6. The fourth-order valence-corrected chi connectivity index (χ4v) is 2.90. The second-order valence-corrected chi connectivity index (χ2v) is 10.4. The lowest BCUT2D eigenvalue weighted by atomic mass is 9.98. The molecular formula is C27H46N2O8. The van der Waals surface area contributed by atoms with Crippen molar-refractivity contribution in [3.63, 3.8) is 0 Å². The molecule has 0 saturated carbocycles. The van der Waals surface area contributed by atoms with Crippen LogP contribution >= 0.6 is 0 Å². The summed E-state index contributed by atoms with van der Waals surface area (Å²) < 4.78 is 21.2. The molecule has 0 aliphatic carbocycles. The molecule has 0 aliphatic rings. The van der Waals surface area contributed by atoms with Crippen molar-refractivity contribution in [1.82, 2.24) is 10.2 Å². The average molecular weight is 527 g/mol. The van der Waals surface area contributed by atoms with Crippen LogP contribution in [0, 0.1) is 0 Å². The maximum Gasteiger partial charge on any atom is 0.410 e. The Morgan fingerprint density at radius 1 is 0.784 bits per heavy atom. The summed E-state index contributed by atoms with van der Waals surface area (Å²) in [5, 5.41) is 2.73. The van der Waals surface area contributed by atoms with E-state index in [0.29, 0.717) is 13.1 Å². The van der Waals surface area contributed by atoms with E-state index in [9.17, 15) is 19.2 Å². The minimum Gasteiger partial charge on any atom is -0.462 e. The lowest BCUT2D eigenvalue weighted by Crippen LogP contribution is -2.39. The summed E-state index contributed by atoms with van der Waals surface area (Å²) in [5.41, 5.74) is -1.01. The van der Waals surface area contributed by atoms with E-state index in [2.05, 4.69) is 18.5 Å². The topological polar surface area (TPSA) is 120 Å². The maximum atomic E-state index is 12.4. The summed E-state index contributed by atoms with van der Waals surface area (Å²) in [6, 6.07) is 0. The van der Waals surface area contributed by atoms with Crippen LogP contribution in [0.1, 0.15) is 80.1 Å². The largest absolute Gasteiger partial charge is 0.462 e. The number of alkyl carbamates (subject to hydrolysis) is 1. The number of hydrogen-bond donors (Lipinski definition) is 1. The molecule has 0 unspecified atom stereocenters. The van der Waals surface area contributed by atoms with Crippen LogP contribution < -0.4 is 5.32 Å². The van der Waals surface area contributed by atoms with E-state index in [0.717, 1.165) is 25.7 Å². The van der Waals surface area contributed by atoms with E-state index in [4.69, 9.17) is 18.9 Å². The Morgan fingerprint density at radius 2 is 1.27 bits per heavy atom. The minimum atomic E-state index is -1.03. The molecule has 0 bridgehead atoms. The van der Waals surface area contributed by atoms with Crippen molar-refractivity contribution in [3.05, 3.63) is 24.3 Å². The third kappa shape index (κ3) is 17.1. The second kappa shape index (κ2) is 16.7. The Bertz CT molecular complexity index is 769. The van der Waals surface area contributed by atoms with Gasteiger partial charge in [-0.2, -0.15) is 0 Å². The van der Waals surface area contributed by atoms with Gasteiger partial charge in [-0.15, -0.1) is 0 Å². The van der Waals surface area contributed by atoms with E-state index in [-0.39, 0.29) is 43.3 Å². The molecule has 1 N–H and O–H groups in total. The van der Waals surface area contributed by atoms with Crippen LogP contribution in [0.2, 0.25) is 0 Å². The summed E-state index contributed by atoms with van der Waals surface area (Å²) in [6.45, 7) is 18.4. The standard InChI is InChI=1S/C27H46N2O8/c1-20(2)22(30)34-18-14-27(8,15-19-35-23(31)21(3)4)36-24(32)28-16-12-10-11-13-17-29(9)25(33)37-26(5,6)7/h1,3,10-19H2,2,4-9H3,(H,28,32). The Hall–Kier alpha value is -3.04. The van der Waals surface area contributed by atoms with Gasteiger partial charge in [0.2, 0.25) is 0 Å². The zero-order valence-corrected chi connectivity index (χ0v) is 23.7. The molecular weight excluding hydrogens is 480 g/mol. The molecule has 0 aromatic heterocycles. The number of ether oxygens (including phenoxy) is 4. The fraction of sp³-hybridized carbons (Fsp3) is 0.704. The van der Waals surface area contributed by atoms with Gasteiger partial charge in [0.05, 0.1) is 13.2 Å². The normalized spacial score (nSPS) is 11.2. The predicted octanol–water partition coefficient (Wildman–Crippen LogP) is 4.92. The van der Waals surface area contributed by atoms with Crippen LogP contribution in [0.5, 0.6) is 0 Å². The number of esters is 2. The first kappa shape index (κ1) is 34.0. The molecule has 10 heteroatoms. The third-order valence-corrected chi connectivity index (χ3v) is 5.16. The molecule has 0 spiro atoms. The molecule has 0 saturated heterocycles. The highest BCUT2D eigenvalue weighted by Gasteiger charge is 2.30. The van der Waals surface area contributed by atoms with Crippen molar-refractivity contribution in [2.75, 3.05) is 33.4 Å². The van der Waals surface area contributed by atoms with E-state index in [1.807, 2.05) is 20.8 Å². The van der Waals surface area contributed by atoms with Gasteiger partial charge in [0.25, 0.3) is 0 Å². The van der Waals surface area contributed by atoms with Gasteiger partial charge >= 0.3 is 24.1 Å². The molecule has 0 aliphatic heterocycles. The first-order valence-electron chi connectivity index (χ1n) is 12.6. The van der Waals surface area contributed by atoms with Crippen LogP contribution in [0.15, 0.2) is 24.3 Å². The second-order valence-electron chi connectivity index (χ2n) is 10.4. The SMILES string of the molecule is C=C(C)C(=O)OCCC(C)(CCOC(=O)C(=C)C)OC(=O)NCCCCCCN(C)C(=O)OC(C)(C)C. The summed E-state index contributed by atoms with van der Waals surface area (Å²) >= 11 is 0. The smallest absolute Gasteiger partial charge is 0.410 e. The van der Waals surface area contributed by atoms with E-state index in [1.165, 1.54) is 0 Å². The molecule has 212 valence electrons. The van der Waals surface area contributed by atoms with Gasteiger partial charge in [-0.05, 0) is 54.4 Å². The number of amides is 2. The number of rotatable bonds is 16. The van der Waals surface area contributed by atoms with Gasteiger partial charge in [0.15, 0.2) is 0 Å². The zero-order chi connectivity index (χ0) is 28.6. The molecule has 0 rings (SSSR count). The van der Waals surface area contributed by atoms with Gasteiger partial charge < -0.3 is 29.2 Å². The minimum absolute atomic E-state index is 0.0155. The Morgan fingerprint density at radius 3 is 1.73 bits per heavy atom. The number of nitrogens with zero attached hydrogens (tertiary/aromatic N) is 1. The predicted molar refractivity (Wildman–Crippen MR) is 141 cm³/mol. The van der Waals surface area contributed by atoms with Crippen molar-refractivity contribution in [1.29, 1.82) is 0 Å². The maximum absolute atomic E-state index is 12.4. The molecule has 0 atom stereocenters. The Balaban J connectivity index is 4.47. The van der Waals surface area contributed by atoms with Crippen LogP contribution in [0.25, 0.3) is 0 Å². The van der Waals surface area contributed by atoms with Crippen LogP contribution in [0.3, 0.4) is 0 Å². The van der Waals surface area contributed by atoms with E-state index < -0.39 is 29.2 Å². The highest BCUT2D eigenvalue weighted by Crippen LogP contribution is 2.21. The Kier molecular flexibility index (Phi) is 15.3. The molecule has 0 aromatic carbocycles. The van der Waals surface area contributed by atoms with Gasteiger partial charge in [-0.1, -0.05) is 26.0 Å². The lowest BCUT2D eigenvalue weighted by Gasteiger charge is -2.29. The van der Waals surface area contributed by atoms with Crippen LogP contribution in [0.4, 0.5) is 9.59 Å². The fourth-order valence-electron chi connectivity index (χ4n) is 2.90. The monoisotopic (exact) mass is 526 g/mol.